The smallest absolute Gasteiger partial charge is 0.254 e. The molecule has 1 atom stereocenters. The van der Waals surface area contributed by atoms with Crippen molar-refractivity contribution in [3.8, 4) is 11.4 Å². The molecule has 0 N–H and O–H groups in total. The molecular weight excluding hydrogens is 373 g/mol. The van der Waals surface area contributed by atoms with Gasteiger partial charge in [0.25, 0.3) is 5.91 Å². The van der Waals surface area contributed by atoms with Crippen LogP contribution in [-0.4, -0.2) is 27.5 Å². The van der Waals surface area contributed by atoms with Gasteiger partial charge in [-0.05, 0) is 61.4 Å². The zero-order valence-corrected chi connectivity index (χ0v) is 15.2. The lowest BCUT2D eigenvalue weighted by molar-refractivity contribution is 0.0710. The number of hydrogen-bond acceptors (Lipinski definition) is 4. The maximum absolute atomic E-state index is 12.8. The van der Waals surface area contributed by atoms with Crippen LogP contribution in [0.25, 0.3) is 11.4 Å². The molecule has 0 radical (unpaired) electrons. The number of halogens is 2. The minimum Gasteiger partial charge on any atom is -0.337 e. The highest BCUT2D eigenvalue weighted by molar-refractivity contribution is 6.30. The van der Waals surface area contributed by atoms with Gasteiger partial charge < -0.3 is 9.42 Å². The molecule has 0 saturated carbocycles. The fraction of sp³-hybridized carbons (Fsp3) is 0.211. The van der Waals surface area contributed by atoms with E-state index >= 15 is 0 Å². The van der Waals surface area contributed by atoms with E-state index < -0.39 is 0 Å². The topological polar surface area (TPSA) is 59.2 Å². The second-order valence-electron chi connectivity index (χ2n) is 6.13. The van der Waals surface area contributed by atoms with Crippen molar-refractivity contribution in [1.29, 1.82) is 0 Å². The summed E-state index contributed by atoms with van der Waals surface area (Å²) < 4.78 is 5.46. The second kappa shape index (κ2) is 7.09. The van der Waals surface area contributed by atoms with E-state index in [4.69, 9.17) is 27.7 Å². The first kappa shape index (κ1) is 17.1. The number of aromatic nitrogens is 2. The van der Waals surface area contributed by atoms with E-state index in [2.05, 4.69) is 10.1 Å². The van der Waals surface area contributed by atoms with Crippen LogP contribution in [0, 0.1) is 0 Å². The Morgan fingerprint density at radius 2 is 1.69 bits per heavy atom. The third-order valence-electron chi connectivity index (χ3n) is 4.43. The summed E-state index contributed by atoms with van der Waals surface area (Å²) in [7, 11) is 0. The van der Waals surface area contributed by atoms with E-state index in [0.29, 0.717) is 33.9 Å². The Balaban J connectivity index is 1.58. The Kier molecular flexibility index (Phi) is 4.66. The number of benzene rings is 2. The van der Waals surface area contributed by atoms with Crippen LogP contribution in [0.1, 0.15) is 35.1 Å². The first-order valence-electron chi connectivity index (χ1n) is 8.28. The molecule has 7 heteroatoms. The number of likely N-dealkylation sites (tertiary alicyclic amines) is 1. The summed E-state index contributed by atoms with van der Waals surface area (Å²) >= 11 is 11.8. The molecule has 0 aliphatic carbocycles. The van der Waals surface area contributed by atoms with Crippen molar-refractivity contribution >= 4 is 29.1 Å². The van der Waals surface area contributed by atoms with Crippen molar-refractivity contribution in [1.82, 2.24) is 15.0 Å². The molecule has 1 saturated heterocycles. The fourth-order valence-electron chi connectivity index (χ4n) is 3.11. The van der Waals surface area contributed by atoms with E-state index in [1.54, 1.807) is 41.3 Å². The molecule has 1 aliphatic heterocycles. The first-order valence-corrected chi connectivity index (χ1v) is 9.03. The molecule has 0 unspecified atom stereocenters. The van der Waals surface area contributed by atoms with E-state index in [1.165, 1.54) is 0 Å². The average Bonchev–Trinajstić information content (AvgIpc) is 3.31. The lowest BCUT2D eigenvalue weighted by Gasteiger charge is -2.21. The maximum Gasteiger partial charge on any atom is 0.254 e. The van der Waals surface area contributed by atoms with Crippen LogP contribution in [-0.2, 0) is 0 Å². The Bertz CT molecular complexity index is 923. The summed E-state index contributed by atoms with van der Waals surface area (Å²) in [6, 6.07) is 13.9. The van der Waals surface area contributed by atoms with Gasteiger partial charge in [0, 0.05) is 27.7 Å². The van der Waals surface area contributed by atoms with E-state index in [0.717, 1.165) is 18.4 Å². The number of rotatable bonds is 3. The van der Waals surface area contributed by atoms with Gasteiger partial charge in [-0.1, -0.05) is 28.4 Å². The summed E-state index contributed by atoms with van der Waals surface area (Å²) in [5.41, 5.74) is 1.41. The molecular formula is C19H15Cl2N3O2. The van der Waals surface area contributed by atoms with Crippen LogP contribution in [0.2, 0.25) is 10.0 Å². The first-order chi connectivity index (χ1) is 12.6. The van der Waals surface area contributed by atoms with Gasteiger partial charge >= 0.3 is 0 Å². The molecule has 4 rings (SSSR count). The van der Waals surface area contributed by atoms with E-state index in [-0.39, 0.29) is 11.9 Å². The van der Waals surface area contributed by atoms with Crippen molar-refractivity contribution < 1.29 is 9.32 Å². The summed E-state index contributed by atoms with van der Waals surface area (Å²) in [5, 5.41) is 5.30. The van der Waals surface area contributed by atoms with E-state index in [9.17, 15) is 4.79 Å². The van der Waals surface area contributed by atoms with Crippen LogP contribution in [0.3, 0.4) is 0 Å². The minimum atomic E-state index is -0.216. The summed E-state index contributed by atoms with van der Waals surface area (Å²) in [6.45, 7) is 0.658. The van der Waals surface area contributed by atoms with Crippen LogP contribution < -0.4 is 0 Å². The molecule has 2 heterocycles. The third kappa shape index (κ3) is 3.32. The van der Waals surface area contributed by atoms with Crippen LogP contribution in [0.4, 0.5) is 0 Å². The summed E-state index contributed by atoms with van der Waals surface area (Å²) in [4.78, 5) is 19.1. The predicted molar refractivity (Wildman–Crippen MR) is 99.2 cm³/mol. The molecule has 3 aromatic rings. The molecule has 0 bridgehead atoms. The molecule has 26 heavy (non-hydrogen) atoms. The minimum absolute atomic E-state index is 0.0598. The predicted octanol–water partition coefficient (Wildman–Crippen LogP) is 5.02. The lowest BCUT2D eigenvalue weighted by Crippen LogP contribution is -2.30. The van der Waals surface area contributed by atoms with Gasteiger partial charge in [0.05, 0.1) is 0 Å². The molecule has 5 nitrogen and oxygen atoms in total. The Morgan fingerprint density at radius 3 is 2.38 bits per heavy atom. The fourth-order valence-corrected chi connectivity index (χ4v) is 3.36. The molecule has 2 aromatic carbocycles. The zero-order valence-electron chi connectivity index (χ0n) is 13.7. The van der Waals surface area contributed by atoms with Crippen LogP contribution in [0.5, 0.6) is 0 Å². The number of carbonyl (C=O) groups excluding carboxylic acids is 1. The van der Waals surface area contributed by atoms with Crippen molar-refractivity contribution in [3.05, 3.63) is 70.0 Å². The molecule has 1 aromatic heterocycles. The summed E-state index contributed by atoms with van der Waals surface area (Å²) in [5.74, 6) is 0.882. The zero-order chi connectivity index (χ0) is 18.1. The number of hydrogen-bond donors (Lipinski definition) is 0. The lowest BCUT2D eigenvalue weighted by atomic mass is 10.1. The van der Waals surface area contributed by atoms with Crippen molar-refractivity contribution in [2.24, 2.45) is 0 Å². The van der Waals surface area contributed by atoms with Crippen LogP contribution >= 0.6 is 23.2 Å². The molecule has 0 spiro atoms. The monoisotopic (exact) mass is 387 g/mol. The Morgan fingerprint density at radius 1 is 1.04 bits per heavy atom. The van der Waals surface area contributed by atoms with Crippen molar-refractivity contribution in [2.75, 3.05) is 6.54 Å². The average molecular weight is 388 g/mol. The largest absolute Gasteiger partial charge is 0.337 e. The summed E-state index contributed by atoms with van der Waals surface area (Å²) in [6.07, 6.45) is 1.68. The van der Waals surface area contributed by atoms with Crippen molar-refractivity contribution in [3.63, 3.8) is 0 Å². The van der Waals surface area contributed by atoms with Gasteiger partial charge in [-0.3, -0.25) is 4.79 Å². The molecule has 1 aliphatic rings. The highest BCUT2D eigenvalue weighted by atomic mass is 35.5. The Labute approximate surface area is 160 Å². The normalized spacial score (nSPS) is 16.8. The van der Waals surface area contributed by atoms with Gasteiger partial charge in [0.2, 0.25) is 11.7 Å². The van der Waals surface area contributed by atoms with Crippen LogP contribution in [0.15, 0.2) is 53.1 Å². The van der Waals surface area contributed by atoms with Gasteiger partial charge in [-0.15, -0.1) is 0 Å². The van der Waals surface area contributed by atoms with Crippen molar-refractivity contribution in [2.45, 2.75) is 18.9 Å². The molecule has 132 valence electrons. The van der Waals surface area contributed by atoms with E-state index in [1.807, 2.05) is 12.1 Å². The second-order valence-corrected chi connectivity index (χ2v) is 7.00. The Hall–Kier alpha value is -2.37. The highest BCUT2D eigenvalue weighted by Crippen LogP contribution is 2.33. The van der Waals surface area contributed by atoms with Gasteiger partial charge in [0.15, 0.2) is 0 Å². The van der Waals surface area contributed by atoms with Gasteiger partial charge in [0.1, 0.15) is 6.04 Å². The number of nitrogens with zero attached hydrogens (tertiary/aromatic N) is 3. The molecule has 1 fully saturated rings. The van der Waals surface area contributed by atoms with Gasteiger partial charge in [-0.25, -0.2) is 0 Å². The quantitative estimate of drug-likeness (QED) is 0.632. The standard InChI is InChI=1S/C19H15Cl2N3O2/c20-14-7-3-12(4-8-14)17-22-18(26-23-17)16-2-1-11-24(16)19(25)13-5-9-15(21)10-6-13/h3-10,16H,1-2,11H2/t16-/m0/s1. The number of carbonyl (C=O) groups is 1. The maximum atomic E-state index is 12.8. The third-order valence-corrected chi connectivity index (χ3v) is 4.94. The highest BCUT2D eigenvalue weighted by Gasteiger charge is 2.34. The SMILES string of the molecule is O=C(c1ccc(Cl)cc1)N1CCC[C@H]1c1nc(-c2ccc(Cl)cc2)no1. The van der Waals surface area contributed by atoms with Gasteiger partial charge in [-0.2, -0.15) is 4.98 Å². The number of amides is 1. The molecule has 1 amide bonds.